The molecule has 0 spiro atoms. The van der Waals surface area contributed by atoms with Crippen LogP contribution in [0.4, 0.5) is 24.5 Å². The van der Waals surface area contributed by atoms with Gasteiger partial charge in [-0.2, -0.15) is 13.2 Å². The van der Waals surface area contributed by atoms with Crippen LogP contribution in [0.2, 0.25) is 5.02 Å². The van der Waals surface area contributed by atoms with E-state index in [4.69, 9.17) is 21.1 Å². The smallest absolute Gasteiger partial charge is 0.392 e. The van der Waals surface area contributed by atoms with E-state index in [1.807, 2.05) is 11.9 Å². The molecule has 0 saturated heterocycles. The second kappa shape index (κ2) is 11.5. The standard InChI is InChI=1S/C30H36ClF3N2O4/c1-17(30(32,33)34)27(20-9-11-24-25(15-20)39-13-12-36(24)5)28(38)35-23-14-19(8-10-22(23)31)21(18-6-7-18)16-26(37)40-29(2,3)4/h8-11,14-15,17-18,21,27H,6-7,12-13,16H2,1-5H3,(H,35,38)/t17-,21+,27+/m1/s1. The van der Waals surface area contributed by atoms with Gasteiger partial charge in [-0.25, -0.2) is 0 Å². The number of ether oxygens (including phenoxy) is 2. The van der Waals surface area contributed by atoms with Crippen molar-refractivity contribution in [1.82, 2.24) is 0 Å². The number of hydrogen-bond acceptors (Lipinski definition) is 5. The summed E-state index contributed by atoms with van der Waals surface area (Å²) in [5.41, 5.74) is 1.31. The Bertz CT molecular complexity index is 1260. The number of nitrogens with one attached hydrogen (secondary N) is 1. The number of carbonyl (C=O) groups is 2. The maximum absolute atomic E-state index is 14.0. The molecule has 1 heterocycles. The molecule has 10 heteroatoms. The molecule has 0 radical (unpaired) electrons. The molecular weight excluding hydrogens is 545 g/mol. The number of hydrogen-bond donors (Lipinski definition) is 1. The first-order valence-corrected chi connectivity index (χ1v) is 13.9. The Morgan fingerprint density at radius 2 is 1.80 bits per heavy atom. The number of halogens is 4. The van der Waals surface area contributed by atoms with Crippen molar-refractivity contribution in [3.8, 4) is 5.75 Å². The van der Waals surface area contributed by atoms with E-state index < -0.39 is 29.5 Å². The van der Waals surface area contributed by atoms with Crippen LogP contribution >= 0.6 is 11.6 Å². The fourth-order valence-corrected chi connectivity index (χ4v) is 5.29. The highest BCUT2D eigenvalue weighted by atomic mass is 35.5. The second-order valence-electron chi connectivity index (χ2n) is 11.8. The normalized spacial score (nSPS) is 17.8. The van der Waals surface area contributed by atoms with E-state index in [0.717, 1.165) is 31.0 Å². The summed E-state index contributed by atoms with van der Waals surface area (Å²) < 4.78 is 53.1. The third kappa shape index (κ3) is 7.22. The number of benzene rings is 2. The summed E-state index contributed by atoms with van der Waals surface area (Å²) in [6.07, 6.45) is -2.54. The van der Waals surface area contributed by atoms with Crippen LogP contribution in [0.25, 0.3) is 0 Å². The highest BCUT2D eigenvalue weighted by Crippen LogP contribution is 2.46. The zero-order chi connectivity index (χ0) is 29.4. The van der Waals surface area contributed by atoms with Gasteiger partial charge in [0.2, 0.25) is 5.91 Å². The second-order valence-corrected chi connectivity index (χ2v) is 12.2. The Morgan fingerprint density at radius 1 is 1.12 bits per heavy atom. The molecule has 1 aliphatic heterocycles. The molecule has 0 aromatic heterocycles. The highest BCUT2D eigenvalue weighted by molar-refractivity contribution is 6.33. The van der Waals surface area contributed by atoms with Crippen LogP contribution in [-0.4, -0.2) is 43.9 Å². The molecular formula is C30H36ClF3N2O4. The number of fused-ring (bicyclic) bond motifs is 1. The summed E-state index contributed by atoms with van der Waals surface area (Å²) in [5.74, 6) is -4.10. The fraction of sp³-hybridized carbons (Fsp3) is 0.533. The predicted molar refractivity (Wildman–Crippen MR) is 149 cm³/mol. The minimum absolute atomic E-state index is 0.151. The van der Waals surface area contributed by atoms with Gasteiger partial charge >= 0.3 is 12.1 Å². The van der Waals surface area contributed by atoms with E-state index in [0.29, 0.717) is 18.9 Å². The van der Waals surface area contributed by atoms with Crippen LogP contribution in [0, 0.1) is 11.8 Å². The van der Waals surface area contributed by atoms with E-state index in [2.05, 4.69) is 5.32 Å². The molecule has 1 amide bonds. The lowest BCUT2D eigenvalue weighted by molar-refractivity contribution is -0.178. The number of carbonyl (C=O) groups excluding carboxylic acids is 2. The summed E-state index contributed by atoms with van der Waals surface area (Å²) in [7, 11) is 1.87. The van der Waals surface area contributed by atoms with Crippen molar-refractivity contribution in [3.63, 3.8) is 0 Å². The summed E-state index contributed by atoms with van der Waals surface area (Å²) >= 11 is 6.41. The van der Waals surface area contributed by atoms with Gasteiger partial charge in [-0.15, -0.1) is 0 Å². The summed E-state index contributed by atoms with van der Waals surface area (Å²) in [5, 5.41) is 2.85. The number of amides is 1. The van der Waals surface area contributed by atoms with Gasteiger partial charge in [-0.3, -0.25) is 9.59 Å². The molecule has 1 saturated carbocycles. The fourth-order valence-electron chi connectivity index (χ4n) is 5.12. The quantitative estimate of drug-likeness (QED) is 0.332. The molecule has 3 atom stereocenters. The third-order valence-corrected chi connectivity index (χ3v) is 7.74. The molecule has 218 valence electrons. The molecule has 2 aliphatic rings. The Balaban J connectivity index is 1.62. The Hall–Kier alpha value is -2.94. The number of anilines is 2. The molecule has 1 fully saturated rings. The van der Waals surface area contributed by atoms with Crippen molar-refractivity contribution < 1.29 is 32.2 Å². The van der Waals surface area contributed by atoms with Crippen LogP contribution in [0.5, 0.6) is 5.75 Å². The lowest BCUT2D eigenvalue weighted by Crippen LogP contribution is -2.35. The molecule has 6 nitrogen and oxygen atoms in total. The van der Waals surface area contributed by atoms with Gasteiger partial charge in [0.25, 0.3) is 0 Å². The van der Waals surface area contributed by atoms with Crippen molar-refractivity contribution in [3.05, 3.63) is 52.5 Å². The van der Waals surface area contributed by atoms with E-state index >= 15 is 0 Å². The van der Waals surface area contributed by atoms with Gasteiger partial charge in [0.05, 0.1) is 41.2 Å². The van der Waals surface area contributed by atoms with Crippen molar-refractivity contribution in [1.29, 1.82) is 0 Å². The topological polar surface area (TPSA) is 67.9 Å². The number of rotatable bonds is 8. The van der Waals surface area contributed by atoms with Crippen molar-refractivity contribution in [2.75, 3.05) is 30.4 Å². The van der Waals surface area contributed by atoms with Gasteiger partial charge in [0, 0.05) is 7.05 Å². The Morgan fingerprint density at radius 3 is 2.42 bits per heavy atom. The van der Waals surface area contributed by atoms with Crippen LogP contribution in [0.15, 0.2) is 36.4 Å². The first-order valence-electron chi connectivity index (χ1n) is 13.5. The highest BCUT2D eigenvalue weighted by Gasteiger charge is 2.45. The van der Waals surface area contributed by atoms with Crippen LogP contribution in [0.3, 0.4) is 0 Å². The zero-order valence-electron chi connectivity index (χ0n) is 23.4. The Kier molecular flexibility index (Phi) is 8.64. The first-order chi connectivity index (χ1) is 18.6. The zero-order valence-corrected chi connectivity index (χ0v) is 24.2. The summed E-state index contributed by atoms with van der Waals surface area (Å²) in [6, 6.07) is 9.78. The average molecular weight is 581 g/mol. The third-order valence-electron chi connectivity index (χ3n) is 7.41. The lowest BCUT2D eigenvalue weighted by atomic mass is 9.85. The van der Waals surface area contributed by atoms with Gasteiger partial charge in [0.1, 0.15) is 18.0 Å². The number of alkyl halides is 3. The number of nitrogens with zero attached hydrogens (tertiary/aromatic N) is 1. The molecule has 0 bridgehead atoms. The maximum Gasteiger partial charge on any atom is 0.392 e. The SMILES string of the molecule is C[C@H]([C@H](C(=O)Nc1cc([C@@H](CC(=O)OC(C)(C)C)C2CC2)ccc1Cl)c1ccc2c(c1)OCCN2C)C(F)(F)F. The predicted octanol–water partition coefficient (Wildman–Crippen LogP) is 7.31. The first kappa shape index (κ1) is 30.0. The Labute approximate surface area is 238 Å². The number of likely N-dealkylation sites (N-methyl/N-ethyl adjacent to an activating group) is 1. The molecule has 40 heavy (non-hydrogen) atoms. The van der Waals surface area contributed by atoms with Crippen molar-refractivity contribution in [2.24, 2.45) is 11.8 Å². The summed E-state index contributed by atoms with van der Waals surface area (Å²) in [6.45, 7) is 7.46. The molecule has 1 N–H and O–H groups in total. The minimum Gasteiger partial charge on any atom is -0.490 e. The largest absolute Gasteiger partial charge is 0.490 e. The monoisotopic (exact) mass is 580 g/mol. The minimum atomic E-state index is -4.62. The van der Waals surface area contributed by atoms with Crippen LogP contribution < -0.4 is 15.0 Å². The van der Waals surface area contributed by atoms with Crippen LogP contribution in [0.1, 0.15) is 69.9 Å². The molecule has 2 aromatic carbocycles. The van der Waals surface area contributed by atoms with Crippen molar-refractivity contribution >= 4 is 34.9 Å². The van der Waals surface area contributed by atoms with E-state index in [9.17, 15) is 22.8 Å². The van der Waals surface area contributed by atoms with E-state index in [1.54, 1.807) is 51.1 Å². The van der Waals surface area contributed by atoms with Gasteiger partial charge < -0.3 is 19.7 Å². The van der Waals surface area contributed by atoms with E-state index in [1.165, 1.54) is 6.07 Å². The average Bonchev–Trinajstić information content (AvgIpc) is 3.68. The van der Waals surface area contributed by atoms with Crippen molar-refractivity contribution in [2.45, 2.75) is 70.6 Å². The molecule has 1 aliphatic carbocycles. The molecule has 2 aromatic rings. The van der Waals surface area contributed by atoms with Crippen LogP contribution in [-0.2, 0) is 14.3 Å². The molecule has 4 rings (SSSR count). The summed E-state index contributed by atoms with van der Waals surface area (Å²) in [4.78, 5) is 28.1. The van der Waals surface area contributed by atoms with Gasteiger partial charge in [-0.05, 0) is 80.8 Å². The van der Waals surface area contributed by atoms with Gasteiger partial charge in [-0.1, -0.05) is 30.7 Å². The van der Waals surface area contributed by atoms with E-state index in [-0.39, 0.29) is 40.5 Å². The maximum atomic E-state index is 14.0. The number of esters is 1. The van der Waals surface area contributed by atoms with Gasteiger partial charge in [0.15, 0.2) is 0 Å². The molecule has 0 unspecified atom stereocenters. The lowest BCUT2D eigenvalue weighted by Gasteiger charge is -2.30.